The van der Waals surface area contributed by atoms with Gasteiger partial charge >= 0.3 is 0 Å². The Morgan fingerprint density at radius 1 is 1.17 bits per heavy atom. The molecule has 1 N–H and O–H groups in total. The second kappa shape index (κ2) is 6.44. The van der Waals surface area contributed by atoms with E-state index >= 15 is 0 Å². The van der Waals surface area contributed by atoms with E-state index in [0.29, 0.717) is 24.1 Å². The van der Waals surface area contributed by atoms with Crippen LogP contribution in [0.4, 0.5) is 0 Å². The van der Waals surface area contributed by atoms with Crippen LogP contribution in [0.2, 0.25) is 0 Å². The molecule has 2 aliphatic rings. The van der Waals surface area contributed by atoms with E-state index in [1.165, 1.54) is 12.8 Å². The quantitative estimate of drug-likeness (QED) is 0.920. The van der Waals surface area contributed by atoms with Gasteiger partial charge in [0.25, 0.3) is 0 Å². The third kappa shape index (κ3) is 3.07. The van der Waals surface area contributed by atoms with Crippen LogP contribution in [0.5, 0.6) is 0 Å². The van der Waals surface area contributed by atoms with E-state index in [2.05, 4.69) is 9.62 Å². The first kappa shape index (κ1) is 16.0. The van der Waals surface area contributed by atoms with Crippen LogP contribution < -0.4 is 4.72 Å². The number of sulfonamides is 1. The number of nitrogens with zero attached hydrogens (tertiary/aromatic N) is 1. The Morgan fingerprint density at radius 2 is 2.00 bits per heavy atom. The van der Waals surface area contributed by atoms with Gasteiger partial charge in [0.05, 0.1) is 17.6 Å². The normalized spacial score (nSPS) is 25.0. The lowest BCUT2D eigenvalue weighted by molar-refractivity contribution is -0.0448. The van der Waals surface area contributed by atoms with Gasteiger partial charge in [-0.05, 0) is 30.8 Å². The highest BCUT2D eigenvalue weighted by Crippen LogP contribution is 2.24. The minimum Gasteiger partial charge on any atom is -0.374 e. The van der Waals surface area contributed by atoms with Crippen molar-refractivity contribution in [1.29, 1.82) is 0 Å². The number of nitrogens with one attached hydrogen (secondary N) is 1. The summed E-state index contributed by atoms with van der Waals surface area (Å²) in [6.07, 6.45) is 2.32. The lowest BCUT2D eigenvalue weighted by Crippen LogP contribution is -2.50. The fourth-order valence-electron chi connectivity index (χ4n) is 3.72. The van der Waals surface area contributed by atoms with Crippen LogP contribution in [-0.4, -0.2) is 51.7 Å². The Morgan fingerprint density at radius 3 is 2.92 bits per heavy atom. The van der Waals surface area contributed by atoms with E-state index in [1.807, 2.05) is 30.3 Å². The SMILES string of the molecule is O=S(=O)(NCC1CN2CCCC2CO1)c1cccc2ccccc12. The van der Waals surface area contributed by atoms with Crippen LogP contribution in [0.15, 0.2) is 47.4 Å². The molecular weight excluding hydrogens is 324 g/mol. The largest absolute Gasteiger partial charge is 0.374 e. The highest BCUT2D eigenvalue weighted by atomic mass is 32.2. The van der Waals surface area contributed by atoms with Crippen molar-refractivity contribution in [2.75, 3.05) is 26.2 Å². The van der Waals surface area contributed by atoms with Crippen molar-refractivity contribution in [2.45, 2.75) is 29.9 Å². The van der Waals surface area contributed by atoms with Crippen LogP contribution in [0.25, 0.3) is 10.8 Å². The predicted octanol–water partition coefficient (Wildman–Crippen LogP) is 1.98. The zero-order valence-corrected chi connectivity index (χ0v) is 14.3. The predicted molar refractivity (Wildman–Crippen MR) is 93.5 cm³/mol. The summed E-state index contributed by atoms with van der Waals surface area (Å²) in [5, 5.41) is 1.67. The number of fused-ring (bicyclic) bond motifs is 2. The second-order valence-corrected chi connectivity index (χ2v) is 8.31. The molecule has 2 heterocycles. The average Bonchev–Trinajstić information content (AvgIpc) is 3.07. The van der Waals surface area contributed by atoms with Gasteiger partial charge < -0.3 is 4.74 Å². The number of ether oxygens (including phenoxy) is 1. The van der Waals surface area contributed by atoms with Crippen LogP contribution in [0.3, 0.4) is 0 Å². The molecule has 0 amide bonds. The maximum Gasteiger partial charge on any atom is 0.241 e. The maximum absolute atomic E-state index is 12.7. The Labute approximate surface area is 142 Å². The molecule has 2 saturated heterocycles. The van der Waals surface area contributed by atoms with Crippen molar-refractivity contribution in [3.63, 3.8) is 0 Å². The summed E-state index contributed by atoms with van der Waals surface area (Å²) in [4.78, 5) is 2.75. The summed E-state index contributed by atoms with van der Waals surface area (Å²) in [7, 11) is -3.56. The van der Waals surface area contributed by atoms with Crippen LogP contribution in [0, 0.1) is 0 Å². The van der Waals surface area contributed by atoms with E-state index in [-0.39, 0.29) is 6.10 Å². The van der Waals surface area contributed by atoms with Gasteiger partial charge in [0.2, 0.25) is 10.0 Å². The lowest BCUT2D eigenvalue weighted by Gasteiger charge is -2.35. The Hall–Kier alpha value is -1.47. The molecule has 2 aromatic rings. The highest BCUT2D eigenvalue weighted by molar-refractivity contribution is 7.89. The Bertz CT molecular complexity index is 832. The van der Waals surface area contributed by atoms with Gasteiger partial charge in [0.1, 0.15) is 0 Å². The van der Waals surface area contributed by atoms with E-state index in [9.17, 15) is 8.42 Å². The van der Waals surface area contributed by atoms with Crippen molar-refractivity contribution in [1.82, 2.24) is 9.62 Å². The zero-order chi connectivity index (χ0) is 16.6. The molecule has 0 spiro atoms. The molecule has 0 radical (unpaired) electrons. The Kier molecular flexibility index (Phi) is 4.30. The maximum atomic E-state index is 12.7. The monoisotopic (exact) mass is 346 g/mol. The molecule has 128 valence electrons. The molecule has 0 aromatic heterocycles. The van der Waals surface area contributed by atoms with Gasteiger partial charge in [-0.25, -0.2) is 13.1 Å². The molecule has 5 nitrogen and oxygen atoms in total. The zero-order valence-electron chi connectivity index (χ0n) is 13.5. The van der Waals surface area contributed by atoms with E-state index in [0.717, 1.165) is 23.9 Å². The molecule has 0 bridgehead atoms. The molecular formula is C18H22N2O3S. The standard InChI is InChI=1S/C18H22N2O3S/c21-24(22,18-9-3-6-14-5-1-2-8-17(14)18)19-11-16-12-20-10-4-7-15(20)13-23-16/h1-3,5-6,8-9,15-16,19H,4,7,10-13H2. The summed E-state index contributed by atoms with van der Waals surface area (Å²) in [6.45, 7) is 2.93. The molecule has 6 heteroatoms. The summed E-state index contributed by atoms with van der Waals surface area (Å²) >= 11 is 0. The van der Waals surface area contributed by atoms with Gasteiger partial charge in [-0.1, -0.05) is 36.4 Å². The number of hydrogen-bond donors (Lipinski definition) is 1. The fraction of sp³-hybridized carbons (Fsp3) is 0.444. The Balaban J connectivity index is 1.49. The molecule has 4 rings (SSSR count). The van der Waals surface area contributed by atoms with Crippen molar-refractivity contribution < 1.29 is 13.2 Å². The summed E-state index contributed by atoms with van der Waals surface area (Å²) < 4.78 is 34.1. The third-order valence-electron chi connectivity index (χ3n) is 5.00. The number of morpholine rings is 1. The summed E-state index contributed by atoms with van der Waals surface area (Å²) in [6, 6.07) is 13.4. The minimum atomic E-state index is -3.56. The smallest absolute Gasteiger partial charge is 0.241 e. The molecule has 2 aliphatic heterocycles. The van der Waals surface area contributed by atoms with Crippen LogP contribution in [0.1, 0.15) is 12.8 Å². The highest BCUT2D eigenvalue weighted by Gasteiger charge is 2.32. The van der Waals surface area contributed by atoms with Gasteiger partial charge in [-0.15, -0.1) is 0 Å². The molecule has 2 aromatic carbocycles. The molecule has 0 saturated carbocycles. The van der Waals surface area contributed by atoms with E-state index in [1.54, 1.807) is 12.1 Å². The molecule has 2 fully saturated rings. The first-order valence-corrected chi connectivity index (χ1v) is 9.95. The van der Waals surface area contributed by atoms with Crippen LogP contribution in [-0.2, 0) is 14.8 Å². The topological polar surface area (TPSA) is 58.6 Å². The van der Waals surface area contributed by atoms with Gasteiger partial charge in [-0.3, -0.25) is 4.90 Å². The van der Waals surface area contributed by atoms with Gasteiger partial charge in [0, 0.05) is 24.5 Å². The fourth-order valence-corrected chi connectivity index (χ4v) is 5.01. The van der Waals surface area contributed by atoms with Gasteiger partial charge in [-0.2, -0.15) is 0 Å². The van der Waals surface area contributed by atoms with Gasteiger partial charge in [0.15, 0.2) is 0 Å². The third-order valence-corrected chi connectivity index (χ3v) is 6.48. The first-order valence-electron chi connectivity index (χ1n) is 8.46. The molecule has 0 aliphatic carbocycles. The first-order chi connectivity index (χ1) is 11.6. The number of benzene rings is 2. The van der Waals surface area contributed by atoms with Crippen molar-refractivity contribution >= 4 is 20.8 Å². The second-order valence-electron chi connectivity index (χ2n) is 6.58. The number of rotatable bonds is 4. The van der Waals surface area contributed by atoms with Crippen molar-refractivity contribution in [3.8, 4) is 0 Å². The summed E-state index contributed by atoms with van der Waals surface area (Å²) in [5.41, 5.74) is 0. The minimum absolute atomic E-state index is 0.0795. The molecule has 2 atom stereocenters. The van der Waals surface area contributed by atoms with Crippen molar-refractivity contribution in [3.05, 3.63) is 42.5 Å². The van der Waals surface area contributed by atoms with Crippen molar-refractivity contribution in [2.24, 2.45) is 0 Å². The molecule has 2 unspecified atom stereocenters. The lowest BCUT2D eigenvalue weighted by atomic mass is 10.1. The average molecular weight is 346 g/mol. The van der Waals surface area contributed by atoms with Crippen LogP contribution >= 0.6 is 0 Å². The summed E-state index contributed by atoms with van der Waals surface area (Å²) in [5.74, 6) is 0. The van der Waals surface area contributed by atoms with E-state index in [4.69, 9.17) is 4.74 Å². The van der Waals surface area contributed by atoms with E-state index < -0.39 is 10.0 Å². The molecule has 24 heavy (non-hydrogen) atoms. The number of hydrogen-bond acceptors (Lipinski definition) is 4.